The zero-order chi connectivity index (χ0) is 14.6. The molecule has 4 N–H and O–H groups in total. The Bertz CT molecular complexity index is 387. The first kappa shape index (κ1) is 15.2. The quantitative estimate of drug-likeness (QED) is 0.502. The summed E-state index contributed by atoms with van der Waals surface area (Å²) in [5.74, 6) is -1.52. The highest BCUT2D eigenvalue weighted by Crippen LogP contribution is 2.29. The molecule has 0 aromatic heterocycles. The van der Waals surface area contributed by atoms with Crippen molar-refractivity contribution in [2.24, 2.45) is 5.41 Å². The average Bonchev–Trinajstić information content (AvgIpc) is 2.78. The number of hydrogen-bond donors (Lipinski definition) is 4. The van der Waals surface area contributed by atoms with Gasteiger partial charge in [0.15, 0.2) is 6.10 Å². The van der Waals surface area contributed by atoms with Crippen LogP contribution < -0.4 is 10.6 Å². The SMILES string of the molecule is CNC(=O)C1(C)CCN(C(=O)NC[C@H](O)C(=O)O)C1. The van der Waals surface area contributed by atoms with Crippen LogP contribution in [0.4, 0.5) is 4.79 Å². The van der Waals surface area contributed by atoms with Crippen molar-refractivity contribution in [2.45, 2.75) is 19.4 Å². The molecule has 0 aromatic rings. The van der Waals surface area contributed by atoms with Gasteiger partial charge >= 0.3 is 12.0 Å². The molecule has 0 radical (unpaired) electrons. The van der Waals surface area contributed by atoms with Gasteiger partial charge in [-0.25, -0.2) is 9.59 Å². The van der Waals surface area contributed by atoms with Gasteiger partial charge in [-0.1, -0.05) is 0 Å². The minimum absolute atomic E-state index is 0.131. The van der Waals surface area contributed by atoms with Crippen molar-refractivity contribution in [1.29, 1.82) is 0 Å². The summed E-state index contributed by atoms with van der Waals surface area (Å²) in [5.41, 5.74) is -0.627. The molecule has 1 aliphatic rings. The highest BCUT2D eigenvalue weighted by atomic mass is 16.4. The molecular weight excluding hydrogens is 254 g/mol. The van der Waals surface area contributed by atoms with Crippen LogP contribution in [0.1, 0.15) is 13.3 Å². The summed E-state index contributed by atoms with van der Waals surface area (Å²) < 4.78 is 0. The molecule has 19 heavy (non-hydrogen) atoms. The molecule has 2 atom stereocenters. The monoisotopic (exact) mass is 273 g/mol. The number of likely N-dealkylation sites (tertiary alicyclic amines) is 1. The molecule has 8 heteroatoms. The number of aliphatic carboxylic acids is 1. The number of nitrogens with zero attached hydrogens (tertiary/aromatic N) is 1. The minimum atomic E-state index is -1.63. The van der Waals surface area contributed by atoms with Gasteiger partial charge in [0.05, 0.1) is 12.0 Å². The Labute approximate surface area is 110 Å². The molecule has 8 nitrogen and oxygen atoms in total. The number of carboxylic acid groups (broad SMARTS) is 1. The van der Waals surface area contributed by atoms with Crippen molar-refractivity contribution in [3.05, 3.63) is 0 Å². The van der Waals surface area contributed by atoms with Gasteiger partial charge in [-0.3, -0.25) is 4.79 Å². The van der Waals surface area contributed by atoms with E-state index in [2.05, 4.69) is 10.6 Å². The second kappa shape index (κ2) is 5.87. The number of aliphatic hydroxyl groups is 1. The molecule has 1 unspecified atom stereocenters. The molecule has 108 valence electrons. The lowest BCUT2D eigenvalue weighted by Crippen LogP contribution is -2.45. The number of amides is 3. The Balaban J connectivity index is 2.48. The van der Waals surface area contributed by atoms with Gasteiger partial charge in [0.25, 0.3) is 0 Å². The van der Waals surface area contributed by atoms with Crippen molar-refractivity contribution >= 4 is 17.9 Å². The molecule has 1 aliphatic heterocycles. The number of rotatable bonds is 4. The molecule has 3 amide bonds. The first-order valence-corrected chi connectivity index (χ1v) is 5.96. The van der Waals surface area contributed by atoms with Crippen molar-refractivity contribution in [3.8, 4) is 0 Å². The van der Waals surface area contributed by atoms with Crippen LogP contribution in [0.2, 0.25) is 0 Å². The van der Waals surface area contributed by atoms with Gasteiger partial charge in [0.2, 0.25) is 5.91 Å². The fourth-order valence-electron chi connectivity index (χ4n) is 2.00. The van der Waals surface area contributed by atoms with Crippen LogP contribution in [0.3, 0.4) is 0 Å². The molecule has 0 spiro atoms. The van der Waals surface area contributed by atoms with Crippen LogP contribution in [-0.2, 0) is 9.59 Å². The maximum Gasteiger partial charge on any atom is 0.334 e. The number of hydrogen-bond acceptors (Lipinski definition) is 4. The number of urea groups is 1. The van der Waals surface area contributed by atoms with Crippen molar-refractivity contribution in [2.75, 3.05) is 26.7 Å². The lowest BCUT2D eigenvalue weighted by atomic mass is 9.89. The third-order valence-corrected chi connectivity index (χ3v) is 3.27. The Morgan fingerprint density at radius 3 is 2.58 bits per heavy atom. The number of nitrogens with one attached hydrogen (secondary N) is 2. The molecule has 1 rings (SSSR count). The van der Waals surface area contributed by atoms with Crippen molar-refractivity contribution in [3.63, 3.8) is 0 Å². The Morgan fingerprint density at radius 2 is 2.05 bits per heavy atom. The lowest BCUT2D eigenvalue weighted by Gasteiger charge is -2.23. The van der Waals surface area contributed by atoms with Crippen LogP contribution in [0.5, 0.6) is 0 Å². The zero-order valence-corrected chi connectivity index (χ0v) is 11.0. The maximum atomic E-state index is 11.8. The summed E-state index contributed by atoms with van der Waals surface area (Å²) in [6.07, 6.45) is -1.08. The van der Waals surface area contributed by atoms with E-state index in [1.165, 1.54) is 4.90 Å². The molecular formula is C11H19N3O5. The van der Waals surface area contributed by atoms with E-state index in [-0.39, 0.29) is 19.0 Å². The highest BCUT2D eigenvalue weighted by molar-refractivity contribution is 5.84. The molecule has 1 saturated heterocycles. The van der Waals surface area contributed by atoms with Gasteiger partial charge < -0.3 is 25.7 Å². The largest absolute Gasteiger partial charge is 0.479 e. The first-order chi connectivity index (χ1) is 8.80. The van der Waals surface area contributed by atoms with E-state index in [9.17, 15) is 14.4 Å². The van der Waals surface area contributed by atoms with Gasteiger partial charge in [0.1, 0.15) is 0 Å². The Morgan fingerprint density at radius 1 is 1.42 bits per heavy atom. The summed E-state index contributed by atoms with van der Waals surface area (Å²) in [5, 5.41) is 22.4. The Hall–Kier alpha value is -1.83. The Kier molecular flexibility index (Phi) is 4.71. The summed E-state index contributed by atoms with van der Waals surface area (Å²) >= 11 is 0. The van der Waals surface area contributed by atoms with Crippen molar-refractivity contribution in [1.82, 2.24) is 15.5 Å². The van der Waals surface area contributed by atoms with E-state index >= 15 is 0 Å². The molecule has 0 aliphatic carbocycles. The topological polar surface area (TPSA) is 119 Å². The van der Waals surface area contributed by atoms with Gasteiger partial charge in [0, 0.05) is 20.1 Å². The molecule has 1 fully saturated rings. The maximum absolute atomic E-state index is 11.8. The molecule has 0 saturated carbocycles. The standard InChI is InChI=1S/C11H19N3O5/c1-11(9(18)12-2)3-4-14(6-11)10(19)13-5-7(15)8(16)17/h7,15H,3-6H2,1-2H3,(H,12,18)(H,13,19)(H,16,17)/t7-,11?/m0/s1. The van der Waals surface area contributed by atoms with E-state index < -0.39 is 23.5 Å². The summed E-state index contributed by atoms with van der Waals surface area (Å²) in [7, 11) is 1.54. The van der Waals surface area contributed by atoms with E-state index in [1.54, 1.807) is 14.0 Å². The smallest absolute Gasteiger partial charge is 0.334 e. The lowest BCUT2D eigenvalue weighted by molar-refractivity contribution is -0.146. The highest BCUT2D eigenvalue weighted by Gasteiger charge is 2.41. The van der Waals surface area contributed by atoms with Crippen LogP contribution in [0.25, 0.3) is 0 Å². The van der Waals surface area contributed by atoms with Crippen LogP contribution in [-0.4, -0.2) is 65.8 Å². The number of carbonyl (C=O) groups excluding carboxylic acids is 2. The number of carbonyl (C=O) groups is 3. The fourth-order valence-corrected chi connectivity index (χ4v) is 2.00. The molecule has 0 aromatic carbocycles. The van der Waals surface area contributed by atoms with Gasteiger partial charge in [-0.15, -0.1) is 0 Å². The number of aliphatic hydroxyl groups excluding tert-OH is 1. The van der Waals surface area contributed by atoms with E-state index in [4.69, 9.17) is 10.2 Å². The van der Waals surface area contributed by atoms with Gasteiger partial charge in [-0.05, 0) is 13.3 Å². The molecule has 0 bridgehead atoms. The third-order valence-electron chi connectivity index (χ3n) is 3.27. The summed E-state index contributed by atoms with van der Waals surface area (Å²) in [6.45, 7) is 2.09. The van der Waals surface area contributed by atoms with Crippen LogP contribution >= 0.6 is 0 Å². The van der Waals surface area contributed by atoms with Crippen LogP contribution in [0, 0.1) is 5.41 Å². The minimum Gasteiger partial charge on any atom is -0.479 e. The van der Waals surface area contributed by atoms with Crippen LogP contribution in [0.15, 0.2) is 0 Å². The zero-order valence-electron chi connectivity index (χ0n) is 11.0. The second-order valence-electron chi connectivity index (χ2n) is 4.85. The van der Waals surface area contributed by atoms with Gasteiger partial charge in [-0.2, -0.15) is 0 Å². The second-order valence-corrected chi connectivity index (χ2v) is 4.85. The summed E-state index contributed by atoms with van der Waals surface area (Å²) in [4.78, 5) is 35.3. The fraction of sp³-hybridized carbons (Fsp3) is 0.727. The van der Waals surface area contributed by atoms with E-state index in [1.807, 2.05) is 0 Å². The van der Waals surface area contributed by atoms with Crippen molar-refractivity contribution < 1.29 is 24.6 Å². The third kappa shape index (κ3) is 3.57. The van der Waals surface area contributed by atoms with E-state index in [0.717, 1.165) is 0 Å². The normalized spacial score (nSPS) is 23.8. The molecule has 1 heterocycles. The predicted octanol–water partition coefficient (Wildman–Crippen LogP) is -1.40. The summed E-state index contributed by atoms with van der Waals surface area (Å²) in [6, 6.07) is -0.479. The first-order valence-electron chi connectivity index (χ1n) is 5.96. The average molecular weight is 273 g/mol. The predicted molar refractivity (Wildman–Crippen MR) is 65.4 cm³/mol. The number of carboxylic acids is 1. The van der Waals surface area contributed by atoms with E-state index in [0.29, 0.717) is 13.0 Å².